The fraction of sp³-hybridized carbons (Fsp3) is 0.611. The monoisotopic (exact) mass is 288 g/mol. The Morgan fingerprint density at radius 3 is 2.67 bits per heavy atom. The van der Waals surface area contributed by atoms with Gasteiger partial charge in [0.2, 0.25) is 5.91 Å². The zero-order valence-corrected chi connectivity index (χ0v) is 13.4. The minimum Gasteiger partial charge on any atom is -0.356 e. The van der Waals surface area contributed by atoms with Crippen LogP contribution in [0.1, 0.15) is 49.7 Å². The minimum absolute atomic E-state index is 0.0334. The fourth-order valence-electron chi connectivity index (χ4n) is 3.33. The van der Waals surface area contributed by atoms with Crippen molar-refractivity contribution >= 4 is 5.91 Å². The summed E-state index contributed by atoms with van der Waals surface area (Å²) < 4.78 is 0. The molecule has 0 aromatic heterocycles. The van der Waals surface area contributed by atoms with Crippen LogP contribution in [0, 0.1) is 6.92 Å². The number of carbonyl (C=O) groups excluding carboxylic acids is 1. The van der Waals surface area contributed by atoms with E-state index in [0.29, 0.717) is 6.42 Å². The van der Waals surface area contributed by atoms with Gasteiger partial charge in [0, 0.05) is 18.5 Å². The second-order valence-corrected chi connectivity index (χ2v) is 6.36. The van der Waals surface area contributed by atoms with Gasteiger partial charge in [-0.05, 0) is 38.8 Å². The normalized spacial score (nSPS) is 17.4. The Morgan fingerprint density at radius 2 is 2.00 bits per heavy atom. The topological polar surface area (TPSA) is 41.1 Å². The summed E-state index contributed by atoms with van der Waals surface area (Å²) >= 11 is 0. The molecule has 0 atom stereocenters. The summed E-state index contributed by atoms with van der Waals surface area (Å²) in [5, 5.41) is 6.48. The highest BCUT2D eigenvalue weighted by Gasteiger charge is 2.32. The molecule has 0 radical (unpaired) electrons. The summed E-state index contributed by atoms with van der Waals surface area (Å²) in [6.45, 7) is 2.82. The Kier molecular flexibility index (Phi) is 5.80. The molecule has 3 nitrogen and oxygen atoms in total. The van der Waals surface area contributed by atoms with Crippen molar-refractivity contribution in [3.8, 4) is 0 Å². The average molecular weight is 288 g/mol. The van der Waals surface area contributed by atoms with E-state index in [2.05, 4.69) is 41.8 Å². The number of nitrogens with one attached hydrogen (secondary N) is 2. The van der Waals surface area contributed by atoms with Gasteiger partial charge in [-0.25, -0.2) is 0 Å². The zero-order valence-electron chi connectivity index (χ0n) is 13.4. The number of amides is 1. The molecule has 0 bridgehead atoms. The lowest BCUT2D eigenvalue weighted by Crippen LogP contribution is -2.48. The van der Waals surface area contributed by atoms with Crippen molar-refractivity contribution in [1.29, 1.82) is 0 Å². The predicted octanol–water partition coefficient (Wildman–Crippen LogP) is 2.97. The molecular formula is C18H28N2O. The molecule has 0 saturated heterocycles. The minimum atomic E-state index is 0.0334. The molecule has 116 valence electrons. The summed E-state index contributed by atoms with van der Waals surface area (Å²) in [6, 6.07) is 8.48. The molecular weight excluding hydrogens is 260 g/mol. The van der Waals surface area contributed by atoms with Gasteiger partial charge in [-0.3, -0.25) is 4.79 Å². The Morgan fingerprint density at radius 1 is 1.24 bits per heavy atom. The molecule has 21 heavy (non-hydrogen) atoms. The third-order valence-corrected chi connectivity index (χ3v) is 4.66. The van der Waals surface area contributed by atoms with Gasteiger partial charge in [0.15, 0.2) is 0 Å². The van der Waals surface area contributed by atoms with Crippen LogP contribution in [-0.2, 0) is 11.2 Å². The summed E-state index contributed by atoms with van der Waals surface area (Å²) in [5.41, 5.74) is 2.59. The summed E-state index contributed by atoms with van der Waals surface area (Å²) in [6.07, 6.45) is 7.52. The first kappa shape index (κ1) is 16.0. The van der Waals surface area contributed by atoms with Crippen LogP contribution in [0.15, 0.2) is 24.3 Å². The van der Waals surface area contributed by atoms with Crippen molar-refractivity contribution < 1.29 is 4.79 Å². The quantitative estimate of drug-likeness (QED) is 0.845. The number of benzene rings is 1. The molecule has 0 heterocycles. The maximum atomic E-state index is 12.2. The van der Waals surface area contributed by atoms with Crippen molar-refractivity contribution in [3.63, 3.8) is 0 Å². The standard InChI is InChI=1S/C18H28N2O/c1-15-7-6-8-16(13-15)9-12-20-17(21)14-18(19-2)10-4-3-5-11-18/h6-8,13,19H,3-5,9-12,14H2,1-2H3,(H,20,21). The number of rotatable bonds is 6. The van der Waals surface area contributed by atoms with E-state index in [1.165, 1.54) is 30.4 Å². The predicted molar refractivity (Wildman–Crippen MR) is 87.4 cm³/mol. The number of hydrogen-bond donors (Lipinski definition) is 2. The van der Waals surface area contributed by atoms with Gasteiger partial charge in [0.25, 0.3) is 0 Å². The highest BCUT2D eigenvalue weighted by molar-refractivity contribution is 5.77. The van der Waals surface area contributed by atoms with E-state index < -0.39 is 0 Å². The molecule has 1 aliphatic rings. The van der Waals surface area contributed by atoms with E-state index in [1.54, 1.807) is 0 Å². The Hall–Kier alpha value is -1.35. The lowest BCUT2D eigenvalue weighted by molar-refractivity contribution is -0.122. The van der Waals surface area contributed by atoms with E-state index in [1.807, 2.05) is 7.05 Å². The SMILES string of the molecule is CNC1(CC(=O)NCCc2cccc(C)c2)CCCCC1. The molecule has 1 aromatic carbocycles. The van der Waals surface area contributed by atoms with Gasteiger partial charge in [-0.1, -0.05) is 49.1 Å². The van der Waals surface area contributed by atoms with Gasteiger partial charge in [0.05, 0.1) is 0 Å². The van der Waals surface area contributed by atoms with Crippen LogP contribution < -0.4 is 10.6 Å². The van der Waals surface area contributed by atoms with Crippen molar-refractivity contribution in [2.45, 2.75) is 57.4 Å². The third-order valence-electron chi connectivity index (χ3n) is 4.66. The van der Waals surface area contributed by atoms with E-state index in [0.717, 1.165) is 25.8 Å². The molecule has 1 aromatic rings. The molecule has 1 fully saturated rings. The van der Waals surface area contributed by atoms with Crippen molar-refractivity contribution in [2.24, 2.45) is 0 Å². The number of aryl methyl sites for hydroxylation is 1. The van der Waals surface area contributed by atoms with E-state index in [4.69, 9.17) is 0 Å². The lowest BCUT2D eigenvalue weighted by atomic mass is 9.79. The van der Waals surface area contributed by atoms with Crippen molar-refractivity contribution in [2.75, 3.05) is 13.6 Å². The highest BCUT2D eigenvalue weighted by atomic mass is 16.1. The summed E-state index contributed by atoms with van der Waals surface area (Å²) in [4.78, 5) is 12.2. The molecule has 2 rings (SSSR count). The molecule has 0 spiro atoms. The molecule has 0 unspecified atom stereocenters. The maximum absolute atomic E-state index is 12.2. The van der Waals surface area contributed by atoms with Crippen LogP contribution in [0.5, 0.6) is 0 Å². The third kappa shape index (κ3) is 4.85. The first-order valence-electron chi connectivity index (χ1n) is 8.15. The maximum Gasteiger partial charge on any atom is 0.221 e. The van der Waals surface area contributed by atoms with Crippen LogP contribution in [0.25, 0.3) is 0 Å². The Labute approximate surface area is 128 Å². The van der Waals surface area contributed by atoms with Crippen LogP contribution in [0.4, 0.5) is 0 Å². The molecule has 3 heteroatoms. The van der Waals surface area contributed by atoms with Crippen LogP contribution in [-0.4, -0.2) is 25.0 Å². The second-order valence-electron chi connectivity index (χ2n) is 6.36. The first-order chi connectivity index (χ1) is 10.1. The van der Waals surface area contributed by atoms with Crippen molar-refractivity contribution in [1.82, 2.24) is 10.6 Å². The van der Waals surface area contributed by atoms with Crippen LogP contribution in [0.2, 0.25) is 0 Å². The molecule has 0 aliphatic heterocycles. The van der Waals surface area contributed by atoms with E-state index in [9.17, 15) is 4.79 Å². The average Bonchev–Trinajstić information content (AvgIpc) is 2.48. The number of carbonyl (C=O) groups is 1. The highest BCUT2D eigenvalue weighted by Crippen LogP contribution is 2.30. The molecule has 1 saturated carbocycles. The first-order valence-corrected chi connectivity index (χ1v) is 8.15. The van der Waals surface area contributed by atoms with Crippen molar-refractivity contribution in [3.05, 3.63) is 35.4 Å². The fourth-order valence-corrected chi connectivity index (χ4v) is 3.33. The van der Waals surface area contributed by atoms with Gasteiger partial charge in [0.1, 0.15) is 0 Å². The zero-order chi connectivity index (χ0) is 15.1. The number of hydrogen-bond acceptors (Lipinski definition) is 2. The van der Waals surface area contributed by atoms with Gasteiger partial charge >= 0.3 is 0 Å². The van der Waals surface area contributed by atoms with E-state index in [-0.39, 0.29) is 11.4 Å². The lowest BCUT2D eigenvalue weighted by Gasteiger charge is -2.36. The van der Waals surface area contributed by atoms with Gasteiger partial charge in [-0.15, -0.1) is 0 Å². The molecule has 2 N–H and O–H groups in total. The summed E-state index contributed by atoms with van der Waals surface area (Å²) in [5.74, 6) is 0.180. The second kappa shape index (κ2) is 7.60. The van der Waals surface area contributed by atoms with Gasteiger partial charge < -0.3 is 10.6 Å². The Balaban J connectivity index is 1.76. The Bertz CT molecular complexity index is 464. The van der Waals surface area contributed by atoms with Crippen LogP contribution in [0.3, 0.4) is 0 Å². The molecule has 1 aliphatic carbocycles. The van der Waals surface area contributed by atoms with Crippen LogP contribution >= 0.6 is 0 Å². The summed E-state index contributed by atoms with van der Waals surface area (Å²) in [7, 11) is 1.99. The smallest absolute Gasteiger partial charge is 0.221 e. The molecule has 1 amide bonds. The van der Waals surface area contributed by atoms with Gasteiger partial charge in [-0.2, -0.15) is 0 Å². The van der Waals surface area contributed by atoms with E-state index >= 15 is 0 Å². The largest absolute Gasteiger partial charge is 0.356 e.